The zero-order valence-corrected chi connectivity index (χ0v) is 14.7. The van der Waals surface area contributed by atoms with Crippen molar-refractivity contribution in [2.24, 2.45) is 0 Å². The summed E-state index contributed by atoms with van der Waals surface area (Å²) in [7, 11) is 1.54. The fourth-order valence-electron chi connectivity index (χ4n) is 2.64. The molecule has 3 rings (SSSR count). The van der Waals surface area contributed by atoms with E-state index in [1.165, 1.54) is 17.7 Å². The molecule has 0 saturated heterocycles. The molecular weight excluding hydrogens is 316 g/mol. The number of carboxylic acids is 1. The van der Waals surface area contributed by atoms with E-state index in [0.29, 0.717) is 22.6 Å². The Labute approximate surface area is 146 Å². The van der Waals surface area contributed by atoms with E-state index in [2.05, 4.69) is 42.9 Å². The molecule has 0 radical (unpaired) electrons. The molecule has 25 heavy (non-hydrogen) atoms. The van der Waals surface area contributed by atoms with Crippen LogP contribution in [0.1, 0.15) is 36.7 Å². The zero-order valence-electron chi connectivity index (χ0n) is 14.7. The molecule has 0 unspecified atom stereocenters. The number of aromatic carboxylic acids is 1. The van der Waals surface area contributed by atoms with E-state index in [1.54, 1.807) is 13.2 Å². The second-order valence-corrected chi connectivity index (χ2v) is 6.92. The Kier molecular flexibility index (Phi) is 4.17. The lowest BCUT2D eigenvalue weighted by molar-refractivity contribution is 0.0697. The van der Waals surface area contributed by atoms with Crippen LogP contribution in [0.5, 0.6) is 5.88 Å². The van der Waals surface area contributed by atoms with Crippen LogP contribution in [-0.4, -0.2) is 28.2 Å². The van der Waals surface area contributed by atoms with Gasteiger partial charge in [-0.3, -0.25) is 0 Å². The number of hydrogen-bond acceptors (Lipinski definition) is 4. The fourth-order valence-corrected chi connectivity index (χ4v) is 2.64. The largest absolute Gasteiger partial charge is 0.480 e. The van der Waals surface area contributed by atoms with Crippen molar-refractivity contribution >= 4 is 16.9 Å². The summed E-state index contributed by atoms with van der Waals surface area (Å²) in [4.78, 5) is 20.2. The maximum Gasteiger partial charge on any atom is 0.335 e. The van der Waals surface area contributed by atoms with E-state index < -0.39 is 5.97 Å². The maximum atomic E-state index is 11.2. The molecule has 0 amide bonds. The van der Waals surface area contributed by atoms with Crippen LogP contribution < -0.4 is 4.74 Å². The lowest BCUT2D eigenvalue weighted by Gasteiger charge is -2.19. The molecule has 1 aromatic heterocycles. The molecule has 128 valence electrons. The van der Waals surface area contributed by atoms with Gasteiger partial charge in [-0.25, -0.2) is 9.78 Å². The summed E-state index contributed by atoms with van der Waals surface area (Å²) < 4.78 is 5.37. The third-order valence-electron chi connectivity index (χ3n) is 4.11. The number of hydrogen-bond donors (Lipinski definition) is 1. The molecule has 2 aromatic carbocycles. The minimum Gasteiger partial charge on any atom is -0.480 e. The standard InChI is InChI=1S/C20H20N2O3/c1-20(2,3)14-8-5-12(6-9-14)17-21-16-11-13(19(23)24)7-10-15(16)18(22-17)25-4/h5-11H,1-4H3,(H,23,24). The van der Waals surface area contributed by atoms with Crippen LogP contribution in [0.15, 0.2) is 42.5 Å². The molecule has 0 spiro atoms. The summed E-state index contributed by atoms with van der Waals surface area (Å²) in [6.45, 7) is 6.47. The van der Waals surface area contributed by atoms with Crippen molar-refractivity contribution in [1.82, 2.24) is 9.97 Å². The second-order valence-electron chi connectivity index (χ2n) is 6.92. The predicted octanol–water partition coefficient (Wildman–Crippen LogP) is 4.30. The molecule has 3 aromatic rings. The number of benzene rings is 2. The third kappa shape index (κ3) is 3.31. The van der Waals surface area contributed by atoms with Crippen molar-refractivity contribution in [2.75, 3.05) is 7.11 Å². The van der Waals surface area contributed by atoms with Gasteiger partial charge in [-0.1, -0.05) is 45.0 Å². The summed E-state index contributed by atoms with van der Waals surface area (Å²) in [5, 5.41) is 9.87. The van der Waals surface area contributed by atoms with Crippen LogP contribution >= 0.6 is 0 Å². The number of methoxy groups -OCH3 is 1. The van der Waals surface area contributed by atoms with Gasteiger partial charge in [0.2, 0.25) is 5.88 Å². The summed E-state index contributed by atoms with van der Waals surface area (Å²) in [5.74, 6) is -0.0558. The quantitative estimate of drug-likeness (QED) is 0.772. The minimum absolute atomic E-state index is 0.0663. The Morgan fingerprint density at radius 3 is 2.28 bits per heavy atom. The van der Waals surface area contributed by atoms with E-state index in [4.69, 9.17) is 4.74 Å². The molecule has 0 aliphatic rings. The van der Waals surface area contributed by atoms with E-state index in [9.17, 15) is 9.90 Å². The predicted molar refractivity (Wildman–Crippen MR) is 97.2 cm³/mol. The minimum atomic E-state index is -0.990. The number of carbonyl (C=O) groups is 1. The first-order valence-corrected chi connectivity index (χ1v) is 7.99. The van der Waals surface area contributed by atoms with Crippen LogP contribution in [-0.2, 0) is 5.41 Å². The average Bonchev–Trinajstić information content (AvgIpc) is 2.59. The summed E-state index contributed by atoms with van der Waals surface area (Å²) in [6.07, 6.45) is 0. The smallest absolute Gasteiger partial charge is 0.335 e. The van der Waals surface area contributed by atoms with Crippen molar-refractivity contribution in [2.45, 2.75) is 26.2 Å². The van der Waals surface area contributed by atoms with E-state index in [-0.39, 0.29) is 11.0 Å². The van der Waals surface area contributed by atoms with Gasteiger partial charge in [0.1, 0.15) is 0 Å². The number of nitrogens with zero attached hydrogens (tertiary/aromatic N) is 2. The van der Waals surface area contributed by atoms with E-state index >= 15 is 0 Å². The Hall–Kier alpha value is -2.95. The molecule has 1 N–H and O–H groups in total. The number of ether oxygens (including phenoxy) is 1. The van der Waals surface area contributed by atoms with Crippen LogP contribution in [0.4, 0.5) is 0 Å². The van der Waals surface area contributed by atoms with E-state index in [0.717, 1.165) is 5.56 Å². The van der Waals surface area contributed by atoms with Gasteiger partial charge >= 0.3 is 5.97 Å². The number of rotatable bonds is 3. The highest BCUT2D eigenvalue weighted by Crippen LogP contribution is 2.29. The van der Waals surface area contributed by atoms with Gasteiger partial charge < -0.3 is 9.84 Å². The Morgan fingerprint density at radius 2 is 1.72 bits per heavy atom. The lowest BCUT2D eigenvalue weighted by atomic mass is 9.87. The number of aromatic nitrogens is 2. The molecule has 0 aliphatic heterocycles. The molecule has 5 heteroatoms. The molecule has 0 fully saturated rings. The second kappa shape index (κ2) is 6.16. The van der Waals surface area contributed by atoms with Crippen molar-refractivity contribution in [1.29, 1.82) is 0 Å². The molecule has 0 aliphatic carbocycles. The van der Waals surface area contributed by atoms with Crippen molar-refractivity contribution in [3.63, 3.8) is 0 Å². The average molecular weight is 336 g/mol. The number of carboxylic acid groups (broad SMARTS) is 1. The topological polar surface area (TPSA) is 72.3 Å². The molecular formula is C20H20N2O3. The SMILES string of the molecule is COc1nc(-c2ccc(C(C)(C)C)cc2)nc2cc(C(=O)O)ccc12. The van der Waals surface area contributed by atoms with Gasteiger partial charge in [0, 0.05) is 5.56 Å². The molecule has 0 atom stereocenters. The summed E-state index contributed by atoms with van der Waals surface area (Å²) in [6, 6.07) is 12.8. The Balaban J connectivity index is 2.14. The molecule has 1 heterocycles. The van der Waals surface area contributed by atoms with E-state index in [1.807, 2.05) is 12.1 Å². The maximum absolute atomic E-state index is 11.2. The van der Waals surface area contributed by atoms with Gasteiger partial charge in [0.15, 0.2) is 5.82 Å². The summed E-state index contributed by atoms with van der Waals surface area (Å²) in [5.41, 5.74) is 2.87. The van der Waals surface area contributed by atoms with Gasteiger partial charge in [0.25, 0.3) is 0 Å². The Bertz CT molecular complexity index is 942. The van der Waals surface area contributed by atoms with Crippen molar-refractivity contribution < 1.29 is 14.6 Å². The highest BCUT2D eigenvalue weighted by molar-refractivity contribution is 5.94. The lowest BCUT2D eigenvalue weighted by Crippen LogP contribution is -2.10. The zero-order chi connectivity index (χ0) is 18.2. The molecule has 5 nitrogen and oxygen atoms in total. The van der Waals surface area contributed by atoms with Gasteiger partial charge in [0.05, 0.1) is 23.6 Å². The highest BCUT2D eigenvalue weighted by Gasteiger charge is 2.15. The fraction of sp³-hybridized carbons (Fsp3) is 0.250. The van der Waals surface area contributed by atoms with Crippen LogP contribution in [0.2, 0.25) is 0 Å². The first-order valence-electron chi connectivity index (χ1n) is 7.99. The van der Waals surface area contributed by atoms with Crippen LogP contribution in [0.25, 0.3) is 22.3 Å². The van der Waals surface area contributed by atoms with Crippen molar-refractivity contribution in [3.8, 4) is 17.3 Å². The molecule has 0 bridgehead atoms. The number of fused-ring (bicyclic) bond motifs is 1. The van der Waals surface area contributed by atoms with Crippen LogP contribution in [0.3, 0.4) is 0 Å². The van der Waals surface area contributed by atoms with Crippen molar-refractivity contribution in [3.05, 3.63) is 53.6 Å². The van der Waals surface area contributed by atoms with Gasteiger partial charge in [-0.05, 0) is 29.2 Å². The van der Waals surface area contributed by atoms with Gasteiger partial charge in [-0.2, -0.15) is 4.98 Å². The van der Waals surface area contributed by atoms with Gasteiger partial charge in [-0.15, -0.1) is 0 Å². The third-order valence-corrected chi connectivity index (χ3v) is 4.11. The van der Waals surface area contributed by atoms with Crippen LogP contribution in [0, 0.1) is 0 Å². The Morgan fingerprint density at radius 1 is 1.04 bits per heavy atom. The first kappa shape index (κ1) is 16.9. The monoisotopic (exact) mass is 336 g/mol. The first-order chi connectivity index (χ1) is 11.8. The normalized spacial score (nSPS) is 11.5. The highest BCUT2D eigenvalue weighted by atomic mass is 16.5. The summed E-state index contributed by atoms with van der Waals surface area (Å²) >= 11 is 0. The molecule has 0 saturated carbocycles.